The maximum absolute atomic E-state index is 11.8. The van der Waals surface area contributed by atoms with Crippen LogP contribution >= 0.6 is 0 Å². The summed E-state index contributed by atoms with van der Waals surface area (Å²) in [6.45, 7) is 4.94. The molecule has 1 aliphatic heterocycles. The molecule has 0 aliphatic carbocycles. The van der Waals surface area contributed by atoms with Gasteiger partial charge in [0.1, 0.15) is 0 Å². The molecule has 1 rings (SSSR count). The van der Waals surface area contributed by atoms with Gasteiger partial charge < -0.3 is 10.2 Å². The van der Waals surface area contributed by atoms with Gasteiger partial charge in [-0.2, -0.15) is 0 Å². The molecule has 0 aromatic carbocycles. The van der Waals surface area contributed by atoms with Gasteiger partial charge in [-0.3, -0.25) is 4.79 Å². The van der Waals surface area contributed by atoms with Crippen LogP contribution in [0.2, 0.25) is 0 Å². The van der Waals surface area contributed by atoms with Gasteiger partial charge in [-0.1, -0.05) is 13.3 Å². The van der Waals surface area contributed by atoms with Gasteiger partial charge in [0.2, 0.25) is 5.91 Å². The summed E-state index contributed by atoms with van der Waals surface area (Å²) >= 11 is 0. The summed E-state index contributed by atoms with van der Waals surface area (Å²) in [5.74, 6) is 0.167. The highest BCUT2D eigenvalue weighted by molar-refractivity contribution is 7.91. The highest BCUT2D eigenvalue weighted by Gasteiger charge is 2.19. The molecule has 1 saturated heterocycles. The number of nitrogens with one attached hydrogen (secondary N) is 1. The molecule has 0 saturated carbocycles. The van der Waals surface area contributed by atoms with E-state index in [2.05, 4.69) is 5.32 Å². The Hall–Kier alpha value is -0.620. The number of unbranched alkanes of at least 4 members (excludes halogenated alkanes) is 1. The van der Waals surface area contributed by atoms with Crippen LogP contribution in [0.15, 0.2) is 0 Å². The van der Waals surface area contributed by atoms with Gasteiger partial charge in [-0.25, -0.2) is 8.42 Å². The van der Waals surface area contributed by atoms with Crippen molar-refractivity contribution in [2.24, 2.45) is 0 Å². The summed E-state index contributed by atoms with van der Waals surface area (Å²) in [5.41, 5.74) is 0. The van der Waals surface area contributed by atoms with Crippen molar-refractivity contribution in [1.29, 1.82) is 0 Å². The number of carbonyl (C=O) groups excluding carboxylic acids is 1. The third-order valence-corrected chi connectivity index (χ3v) is 4.64. The van der Waals surface area contributed by atoms with Crippen LogP contribution in [0, 0.1) is 0 Å². The second-order valence-corrected chi connectivity index (χ2v) is 6.69. The summed E-state index contributed by atoms with van der Waals surface area (Å²) in [6, 6.07) is 0. The number of nitrogens with zero attached hydrogens (tertiary/aromatic N) is 1. The average Bonchev–Trinajstić information content (AvgIpc) is 2.35. The number of amides is 1. The van der Waals surface area contributed by atoms with Crippen LogP contribution in [-0.2, 0) is 14.6 Å². The standard InChI is InChI=1S/C11H22N2O3S/c1-2-3-9-17(15,16)10-4-11(14)13-7-5-12-6-8-13/h12H,2-10H2,1H3. The fourth-order valence-electron chi connectivity index (χ4n) is 1.78. The SMILES string of the molecule is CCCCS(=O)(=O)CCC(=O)N1CCNCC1. The van der Waals surface area contributed by atoms with Crippen molar-refractivity contribution in [3.8, 4) is 0 Å². The fraction of sp³-hybridized carbons (Fsp3) is 0.909. The van der Waals surface area contributed by atoms with E-state index in [9.17, 15) is 13.2 Å². The minimum atomic E-state index is -3.04. The predicted octanol–water partition coefficient (Wildman–Crippen LogP) is 0.0232. The van der Waals surface area contributed by atoms with Gasteiger partial charge in [0.05, 0.1) is 11.5 Å². The van der Waals surface area contributed by atoms with Crippen LogP contribution in [-0.4, -0.2) is 56.9 Å². The van der Waals surface area contributed by atoms with Crippen molar-refractivity contribution in [3.63, 3.8) is 0 Å². The molecule has 1 heterocycles. The molecule has 1 fully saturated rings. The number of hydrogen-bond acceptors (Lipinski definition) is 4. The molecule has 1 N–H and O–H groups in total. The number of piperazine rings is 1. The molecule has 100 valence electrons. The Kier molecular flexibility index (Phi) is 5.91. The summed E-state index contributed by atoms with van der Waals surface area (Å²) < 4.78 is 23.2. The molecule has 0 spiro atoms. The van der Waals surface area contributed by atoms with Gasteiger partial charge in [0.15, 0.2) is 9.84 Å². The van der Waals surface area contributed by atoms with Crippen LogP contribution in [0.5, 0.6) is 0 Å². The van der Waals surface area contributed by atoms with Crippen LogP contribution in [0.4, 0.5) is 0 Å². The molecular formula is C11H22N2O3S. The Balaban J connectivity index is 2.31. The van der Waals surface area contributed by atoms with Crippen molar-refractivity contribution in [2.75, 3.05) is 37.7 Å². The summed E-state index contributed by atoms with van der Waals surface area (Å²) in [5, 5.41) is 3.16. The Morgan fingerprint density at radius 2 is 1.88 bits per heavy atom. The minimum absolute atomic E-state index is 0.00420. The van der Waals surface area contributed by atoms with Gasteiger partial charge in [-0.15, -0.1) is 0 Å². The van der Waals surface area contributed by atoms with Crippen molar-refractivity contribution in [1.82, 2.24) is 10.2 Å². The normalized spacial score (nSPS) is 17.1. The Bertz CT molecular complexity index is 335. The molecule has 0 aromatic rings. The van der Waals surface area contributed by atoms with Crippen LogP contribution in [0.3, 0.4) is 0 Å². The summed E-state index contributed by atoms with van der Waals surface area (Å²) in [4.78, 5) is 13.5. The van der Waals surface area contributed by atoms with Crippen LogP contribution < -0.4 is 5.32 Å². The first kappa shape index (κ1) is 14.4. The molecule has 6 heteroatoms. The average molecular weight is 262 g/mol. The van der Waals surface area contributed by atoms with E-state index in [-0.39, 0.29) is 23.8 Å². The van der Waals surface area contributed by atoms with Crippen molar-refractivity contribution < 1.29 is 13.2 Å². The molecular weight excluding hydrogens is 240 g/mol. The highest BCUT2D eigenvalue weighted by Crippen LogP contribution is 2.03. The second kappa shape index (κ2) is 6.96. The van der Waals surface area contributed by atoms with E-state index in [0.717, 1.165) is 19.5 Å². The van der Waals surface area contributed by atoms with E-state index in [4.69, 9.17) is 0 Å². The van der Waals surface area contributed by atoms with E-state index in [1.165, 1.54) is 0 Å². The molecule has 1 amide bonds. The summed E-state index contributed by atoms with van der Waals surface area (Å²) in [6.07, 6.45) is 1.68. The summed E-state index contributed by atoms with van der Waals surface area (Å²) in [7, 11) is -3.04. The van der Waals surface area contributed by atoms with E-state index in [0.29, 0.717) is 19.5 Å². The lowest BCUT2D eigenvalue weighted by atomic mass is 10.3. The van der Waals surface area contributed by atoms with E-state index < -0.39 is 9.84 Å². The molecule has 1 aliphatic rings. The van der Waals surface area contributed by atoms with Crippen LogP contribution in [0.1, 0.15) is 26.2 Å². The number of rotatable bonds is 6. The zero-order valence-electron chi connectivity index (χ0n) is 10.4. The van der Waals surface area contributed by atoms with Crippen LogP contribution in [0.25, 0.3) is 0 Å². The Morgan fingerprint density at radius 1 is 1.24 bits per heavy atom. The maximum atomic E-state index is 11.8. The number of hydrogen-bond donors (Lipinski definition) is 1. The zero-order chi connectivity index (χ0) is 12.7. The lowest BCUT2D eigenvalue weighted by molar-refractivity contribution is -0.131. The van der Waals surface area contributed by atoms with Crippen molar-refractivity contribution in [3.05, 3.63) is 0 Å². The van der Waals surface area contributed by atoms with E-state index in [1.807, 2.05) is 6.92 Å². The molecule has 0 atom stereocenters. The lowest BCUT2D eigenvalue weighted by Gasteiger charge is -2.27. The van der Waals surface area contributed by atoms with Gasteiger partial charge in [0, 0.05) is 32.6 Å². The van der Waals surface area contributed by atoms with Crippen molar-refractivity contribution in [2.45, 2.75) is 26.2 Å². The van der Waals surface area contributed by atoms with Gasteiger partial charge >= 0.3 is 0 Å². The van der Waals surface area contributed by atoms with Crippen molar-refractivity contribution >= 4 is 15.7 Å². The number of carbonyl (C=O) groups is 1. The first-order chi connectivity index (χ1) is 8.05. The third kappa shape index (κ3) is 5.50. The van der Waals surface area contributed by atoms with E-state index >= 15 is 0 Å². The zero-order valence-corrected chi connectivity index (χ0v) is 11.3. The van der Waals surface area contributed by atoms with Gasteiger partial charge in [-0.05, 0) is 6.42 Å². The Morgan fingerprint density at radius 3 is 2.47 bits per heavy atom. The molecule has 0 bridgehead atoms. The first-order valence-corrected chi connectivity index (χ1v) is 8.06. The quantitative estimate of drug-likeness (QED) is 0.733. The molecule has 0 radical (unpaired) electrons. The van der Waals surface area contributed by atoms with E-state index in [1.54, 1.807) is 4.90 Å². The predicted molar refractivity (Wildman–Crippen MR) is 67.6 cm³/mol. The molecule has 17 heavy (non-hydrogen) atoms. The molecule has 0 unspecified atom stereocenters. The Labute approximate surface area is 103 Å². The molecule has 5 nitrogen and oxygen atoms in total. The number of sulfone groups is 1. The fourth-order valence-corrected chi connectivity index (χ4v) is 3.20. The third-order valence-electron chi connectivity index (χ3n) is 2.91. The second-order valence-electron chi connectivity index (χ2n) is 4.39. The minimum Gasteiger partial charge on any atom is -0.340 e. The lowest BCUT2D eigenvalue weighted by Crippen LogP contribution is -2.46. The smallest absolute Gasteiger partial charge is 0.223 e. The maximum Gasteiger partial charge on any atom is 0.223 e. The first-order valence-electron chi connectivity index (χ1n) is 6.24. The van der Waals surface area contributed by atoms with Gasteiger partial charge in [0.25, 0.3) is 0 Å². The highest BCUT2D eigenvalue weighted by atomic mass is 32.2. The monoisotopic (exact) mass is 262 g/mol. The topological polar surface area (TPSA) is 66.5 Å². The molecule has 0 aromatic heterocycles. The largest absolute Gasteiger partial charge is 0.340 e.